The van der Waals surface area contributed by atoms with Crippen molar-refractivity contribution in [1.82, 2.24) is 9.62 Å². The minimum Gasteiger partial charge on any atom is -0.351 e. The number of carbonyl (C=O) groups excluding carboxylic acids is 2. The third-order valence-electron chi connectivity index (χ3n) is 4.93. The van der Waals surface area contributed by atoms with E-state index in [-0.39, 0.29) is 29.0 Å². The molecule has 9 heteroatoms. The highest BCUT2D eigenvalue weighted by Crippen LogP contribution is 2.24. The number of nitrogens with one attached hydrogen (secondary N) is 2. The molecule has 3 rings (SSSR count). The number of thioether (sulfide) groups is 1. The molecule has 2 aromatic rings. The molecule has 0 unspecified atom stereocenters. The summed E-state index contributed by atoms with van der Waals surface area (Å²) in [6, 6.07) is 14.1. The largest absolute Gasteiger partial charge is 0.351 e. The topological polar surface area (TPSA) is 95.6 Å². The molecule has 0 aliphatic carbocycles. The van der Waals surface area contributed by atoms with E-state index in [2.05, 4.69) is 10.6 Å². The Kier molecular flexibility index (Phi) is 8.11. The first-order chi connectivity index (χ1) is 14.9. The normalized spacial score (nSPS) is 14.7. The Morgan fingerprint density at radius 3 is 2.35 bits per heavy atom. The molecule has 7 nitrogen and oxygen atoms in total. The van der Waals surface area contributed by atoms with E-state index in [1.165, 1.54) is 23.0 Å². The Bertz CT molecular complexity index is 1020. The van der Waals surface area contributed by atoms with Gasteiger partial charge in [0.05, 0.1) is 10.6 Å². The quantitative estimate of drug-likeness (QED) is 0.589. The molecule has 31 heavy (non-hydrogen) atoms. The summed E-state index contributed by atoms with van der Waals surface area (Å²) >= 11 is 1.37. The Labute approximate surface area is 187 Å². The van der Waals surface area contributed by atoms with Gasteiger partial charge in [-0.25, -0.2) is 8.42 Å². The van der Waals surface area contributed by atoms with Gasteiger partial charge in [-0.15, -0.1) is 11.8 Å². The highest BCUT2D eigenvalue weighted by molar-refractivity contribution is 8.00. The van der Waals surface area contributed by atoms with E-state index in [1.54, 1.807) is 36.4 Å². The fourth-order valence-electron chi connectivity index (χ4n) is 3.38. The van der Waals surface area contributed by atoms with Gasteiger partial charge in [0.15, 0.2) is 0 Å². The summed E-state index contributed by atoms with van der Waals surface area (Å²) in [7, 11) is -3.56. The van der Waals surface area contributed by atoms with Crippen molar-refractivity contribution in [3.63, 3.8) is 0 Å². The third-order valence-corrected chi connectivity index (χ3v) is 7.94. The molecule has 2 aromatic carbocycles. The monoisotopic (exact) mass is 461 g/mol. The fourth-order valence-corrected chi connectivity index (χ4v) is 5.84. The molecule has 0 spiro atoms. The van der Waals surface area contributed by atoms with Gasteiger partial charge in [-0.2, -0.15) is 4.31 Å². The van der Waals surface area contributed by atoms with E-state index < -0.39 is 10.0 Å². The van der Waals surface area contributed by atoms with E-state index >= 15 is 0 Å². The van der Waals surface area contributed by atoms with Crippen molar-refractivity contribution in [2.45, 2.75) is 42.5 Å². The van der Waals surface area contributed by atoms with Gasteiger partial charge in [0.25, 0.3) is 0 Å². The van der Waals surface area contributed by atoms with Crippen molar-refractivity contribution in [2.75, 3.05) is 24.2 Å². The van der Waals surface area contributed by atoms with E-state index in [0.717, 1.165) is 24.2 Å². The molecule has 1 aliphatic heterocycles. The zero-order valence-corrected chi connectivity index (χ0v) is 19.1. The average Bonchev–Trinajstić information content (AvgIpc) is 2.77. The number of hydrogen-bond donors (Lipinski definition) is 2. The lowest BCUT2D eigenvalue weighted by molar-refractivity contribution is -0.118. The first kappa shape index (κ1) is 23.3. The van der Waals surface area contributed by atoms with Crippen molar-refractivity contribution < 1.29 is 18.0 Å². The third kappa shape index (κ3) is 6.56. The maximum atomic E-state index is 13.0. The van der Waals surface area contributed by atoms with Crippen LogP contribution in [0.2, 0.25) is 0 Å². The van der Waals surface area contributed by atoms with Gasteiger partial charge in [0, 0.05) is 37.1 Å². The van der Waals surface area contributed by atoms with Crippen LogP contribution < -0.4 is 10.6 Å². The van der Waals surface area contributed by atoms with Crippen LogP contribution in [0, 0.1) is 0 Å². The number of benzene rings is 2. The molecule has 0 radical (unpaired) electrons. The zero-order chi connectivity index (χ0) is 22.3. The number of anilines is 1. The maximum absolute atomic E-state index is 13.0. The molecule has 1 saturated heterocycles. The summed E-state index contributed by atoms with van der Waals surface area (Å²) in [6.07, 6.45) is 2.81. The second-order valence-electron chi connectivity index (χ2n) is 7.34. The van der Waals surface area contributed by atoms with Gasteiger partial charge >= 0.3 is 0 Å². The number of amides is 2. The average molecular weight is 462 g/mol. The van der Waals surface area contributed by atoms with Crippen LogP contribution in [-0.2, 0) is 26.2 Å². The van der Waals surface area contributed by atoms with Gasteiger partial charge in [-0.3, -0.25) is 9.59 Å². The van der Waals surface area contributed by atoms with Crippen LogP contribution in [-0.4, -0.2) is 43.4 Å². The first-order valence-corrected chi connectivity index (χ1v) is 12.6. The maximum Gasteiger partial charge on any atom is 0.243 e. The molecule has 1 heterocycles. The van der Waals surface area contributed by atoms with Gasteiger partial charge in [0.2, 0.25) is 21.8 Å². The van der Waals surface area contributed by atoms with Crippen molar-refractivity contribution in [3.8, 4) is 0 Å². The summed E-state index contributed by atoms with van der Waals surface area (Å²) in [5, 5.41) is 5.52. The first-order valence-electron chi connectivity index (χ1n) is 10.2. The van der Waals surface area contributed by atoms with Gasteiger partial charge in [-0.1, -0.05) is 24.6 Å². The smallest absolute Gasteiger partial charge is 0.243 e. The zero-order valence-electron chi connectivity index (χ0n) is 17.5. The van der Waals surface area contributed by atoms with Crippen LogP contribution in [0.5, 0.6) is 0 Å². The predicted octanol–water partition coefficient (Wildman–Crippen LogP) is 3.23. The summed E-state index contributed by atoms with van der Waals surface area (Å²) in [4.78, 5) is 24.5. The van der Waals surface area contributed by atoms with Crippen LogP contribution in [0.3, 0.4) is 0 Å². The molecule has 166 valence electrons. The SMILES string of the molecule is CC(=O)Nc1ccc(SCC(=O)NCc2ccccc2S(=O)(=O)N2CCCCC2)cc1. The molecule has 2 amide bonds. The summed E-state index contributed by atoms with van der Waals surface area (Å²) in [5.74, 6) is -0.107. The minimum atomic E-state index is -3.56. The highest BCUT2D eigenvalue weighted by Gasteiger charge is 2.27. The van der Waals surface area contributed by atoms with E-state index in [0.29, 0.717) is 24.3 Å². The van der Waals surface area contributed by atoms with Crippen LogP contribution in [0.4, 0.5) is 5.69 Å². The predicted molar refractivity (Wildman–Crippen MR) is 122 cm³/mol. The number of sulfonamides is 1. The fraction of sp³-hybridized carbons (Fsp3) is 0.364. The highest BCUT2D eigenvalue weighted by atomic mass is 32.2. The van der Waals surface area contributed by atoms with Crippen LogP contribution >= 0.6 is 11.8 Å². The van der Waals surface area contributed by atoms with Gasteiger partial charge in [0.1, 0.15) is 0 Å². The molecule has 1 aliphatic rings. The Morgan fingerprint density at radius 2 is 1.68 bits per heavy atom. The lowest BCUT2D eigenvalue weighted by atomic mass is 10.2. The lowest BCUT2D eigenvalue weighted by Crippen LogP contribution is -2.36. The van der Waals surface area contributed by atoms with Crippen LogP contribution in [0.15, 0.2) is 58.3 Å². The van der Waals surface area contributed by atoms with E-state index in [4.69, 9.17) is 0 Å². The molecule has 0 bridgehead atoms. The van der Waals surface area contributed by atoms with Crippen molar-refractivity contribution in [1.29, 1.82) is 0 Å². The minimum absolute atomic E-state index is 0.137. The second-order valence-corrected chi connectivity index (χ2v) is 10.3. The summed E-state index contributed by atoms with van der Waals surface area (Å²) in [5.41, 5.74) is 1.29. The van der Waals surface area contributed by atoms with Crippen molar-refractivity contribution in [2.24, 2.45) is 0 Å². The molecule has 2 N–H and O–H groups in total. The number of rotatable bonds is 8. The van der Waals surface area contributed by atoms with E-state index in [9.17, 15) is 18.0 Å². The lowest BCUT2D eigenvalue weighted by Gasteiger charge is -2.26. The van der Waals surface area contributed by atoms with Crippen LogP contribution in [0.25, 0.3) is 0 Å². The standard InChI is InChI=1S/C22H27N3O4S2/c1-17(26)24-19-9-11-20(12-10-19)30-16-22(27)23-15-18-7-3-4-8-21(18)31(28,29)25-13-5-2-6-14-25/h3-4,7-12H,2,5-6,13-16H2,1H3,(H,23,27)(H,24,26). The number of nitrogens with zero attached hydrogens (tertiary/aromatic N) is 1. The molecule has 1 fully saturated rings. The second kappa shape index (κ2) is 10.8. The Balaban J connectivity index is 1.56. The molecule has 0 saturated carbocycles. The van der Waals surface area contributed by atoms with Crippen LogP contribution in [0.1, 0.15) is 31.7 Å². The molecule has 0 aromatic heterocycles. The Hall–Kier alpha value is -2.36. The van der Waals surface area contributed by atoms with Gasteiger partial charge in [-0.05, 0) is 48.7 Å². The summed E-state index contributed by atoms with van der Waals surface area (Å²) < 4.78 is 27.6. The summed E-state index contributed by atoms with van der Waals surface area (Å²) in [6.45, 7) is 2.69. The number of carbonyl (C=O) groups is 2. The molecular weight excluding hydrogens is 434 g/mol. The van der Waals surface area contributed by atoms with E-state index in [1.807, 2.05) is 12.1 Å². The van der Waals surface area contributed by atoms with Crippen molar-refractivity contribution >= 4 is 39.3 Å². The number of hydrogen-bond acceptors (Lipinski definition) is 5. The number of piperidine rings is 1. The Morgan fingerprint density at radius 1 is 1.00 bits per heavy atom. The molecular formula is C22H27N3O4S2. The van der Waals surface area contributed by atoms with Gasteiger partial charge < -0.3 is 10.6 Å². The van der Waals surface area contributed by atoms with Crippen molar-refractivity contribution in [3.05, 3.63) is 54.1 Å². The molecule has 0 atom stereocenters.